The normalized spacial score (nSPS) is 13.6. The fourth-order valence-corrected chi connectivity index (χ4v) is 1.88. The topological polar surface area (TPSA) is 108 Å². The van der Waals surface area contributed by atoms with E-state index in [0.29, 0.717) is 5.69 Å². The molecule has 110 valence electrons. The van der Waals surface area contributed by atoms with Gasteiger partial charge in [0.2, 0.25) is 0 Å². The maximum absolute atomic E-state index is 12.1. The van der Waals surface area contributed by atoms with Gasteiger partial charge in [0.25, 0.3) is 11.5 Å². The van der Waals surface area contributed by atoms with E-state index in [-0.39, 0.29) is 18.6 Å². The molecule has 1 atom stereocenters. The molecule has 3 N–H and O–H groups in total. The number of aryl methyl sites for hydroxylation is 1. The number of amides is 1. The molecule has 1 amide bonds. The molecular formula is C13H18N2O5. The van der Waals surface area contributed by atoms with Crippen molar-refractivity contribution >= 4 is 11.9 Å². The van der Waals surface area contributed by atoms with Crippen LogP contribution in [0.4, 0.5) is 0 Å². The van der Waals surface area contributed by atoms with Crippen LogP contribution in [0, 0.1) is 6.92 Å². The van der Waals surface area contributed by atoms with E-state index in [4.69, 9.17) is 9.84 Å². The molecule has 1 unspecified atom stereocenters. The van der Waals surface area contributed by atoms with E-state index in [1.807, 2.05) is 0 Å². The van der Waals surface area contributed by atoms with Crippen LogP contribution >= 0.6 is 0 Å². The van der Waals surface area contributed by atoms with Gasteiger partial charge in [-0.05, 0) is 26.0 Å². The van der Waals surface area contributed by atoms with Crippen molar-refractivity contribution in [3.63, 3.8) is 0 Å². The molecule has 0 saturated heterocycles. The van der Waals surface area contributed by atoms with Crippen molar-refractivity contribution < 1.29 is 19.4 Å². The number of rotatable bonds is 6. The first-order valence-corrected chi connectivity index (χ1v) is 6.00. The predicted molar refractivity (Wildman–Crippen MR) is 71.8 cm³/mol. The molecule has 0 aliphatic heterocycles. The number of methoxy groups -OCH3 is 1. The number of hydrogen-bond acceptors (Lipinski definition) is 4. The van der Waals surface area contributed by atoms with Crippen LogP contribution in [0.2, 0.25) is 0 Å². The minimum Gasteiger partial charge on any atom is -0.481 e. The van der Waals surface area contributed by atoms with Gasteiger partial charge in [-0.1, -0.05) is 0 Å². The Kier molecular flexibility index (Phi) is 5.04. The lowest BCUT2D eigenvalue weighted by molar-refractivity contribution is -0.139. The Bertz CT molecular complexity index is 566. The van der Waals surface area contributed by atoms with Crippen molar-refractivity contribution in [2.45, 2.75) is 25.8 Å². The Morgan fingerprint density at radius 3 is 2.60 bits per heavy atom. The number of hydrogen-bond donors (Lipinski definition) is 3. The molecule has 20 heavy (non-hydrogen) atoms. The Hall–Kier alpha value is -2.15. The molecule has 0 radical (unpaired) electrons. The van der Waals surface area contributed by atoms with E-state index < -0.39 is 23.0 Å². The zero-order valence-electron chi connectivity index (χ0n) is 11.6. The Labute approximate surface area is 116 Å². The fraction of sp³-hybridized carbons (Fsp3) is 0.462. The number of aromatic amines is 1. The second kappa shape index (κ2) is 6.33. The lowest BCUT2D eigenvalue weighted by atomic mass is 9.98. The molecule has 0 fully saturated rings. The number of carbonyl (C=O) groups excluding carboxylic acids is 1. The van der Waals surface area contributed by atoms with Crippen LogP contribution in [0.5, 0.6) is 0 Å². The highest BCUT2D eigenvalue weighted by atomic mass is 16.5. The zero-order valence-corrected chi connectivity index (χ0v) is 11.6. The average Bonchev–Trinajstić information content (AvgIpc) is 2.26. The van der Waals surface area contributed by atoms with Crippen LogP contribution in [-0.2, 0) is 9.53 Å². The van der Waals surface area contributed by atoms with E-state index in [2.05, 4.69) is 10.3 Å². The van der Waals surface area contributed by atoms with Gasteiger partial charge in [0.05, 0.1) is 18.6 Å². The van der Waals surface area contributed by atoms with Gasteiger partial charge in [0, 0.05) is 12.8 Å². The monoisotopic (exact) mass is 282 g/mol. The van der Waals surface area contributed by atoms with E-state index in [1.54, 1.807) is 19.9 Å². The number of carboxylic acids is 1. The van der Waals surface area contributed by atoms with Crippen LogP contribution < -0.4 is 10.9 Å². The maximum atomic E-state index is 12.1. The van der Waals surface area contributed by atoms with Gasteiger partial charge in [-0.2, -0.15) is 0 Å². The summed E-state index contributed by atoms with van der Waals surface area (Å²) in [6.45, 7) is 3.27. The number of carbonyl (C=O) groups is 2. The first-order valence-electron chi connectivity index (χ1n) is 6.00. The third-order valence-electron chi connectivity index (χ3n) is 2.72. The third kappa shape index (κ3) is 4.20. The van der Waals surface area contributed by atoms with Crippen molar-refractivity contribution in [3.8, 4) is 0 Å². The average molecular weight is 282 g/mol. The van der Waals surface area contributed by atoms with Gasteiger partial charge < -0.3 is 20.1 Å². The van der Waals surface area contributed by atoms with Crippen LogP contribution in [0.1, 0.15) is 29.4 Å². The minimum absolute atomic E-state index is 0.0226. The van der Waals surface area contributed by atoms with Crippen molar-refractivity contribution in [1.29, 1.82) is 0 Å². The van der Waals surface area contributed by atoms with E-state index in [1.165, 1.54) is 13.2 Å². The van der Waals surface area contributed by atoms with Gasteiger partial charge in [0.15, 0.2) is 0 Å². The smallest absolute Gasteiger partial charge is 0.305 e. The molecule has 0 bridgehead atoms. The summed E-state index contributed by atoms with van der Waals surface area (Å²) in [5.41, 5.74) is -1.03. The molecule has 0 aromatic carbocycles. The highest BCUT2D eigenvalue weighted by Crippen LogP contribution is 2.11. The molecule has 0 saturated carbocycles. The number of aromatic nitrogens is 1. The van der Waals surface area contributed by atoms with E-state index in [0.717, 1.165) is 0 Å². The van der Waals surface area contributed by atoms with E-state index >= 15 is 0 Å². The van der Waals surface area contributed by atoms with Gasteiger partial charge >= 0.3 is 5.97 Å². The number of ether oxygens (including phenoxy) is 1. The van der Waals surface area contributed by atoms with Crippen LogP contribution in [0.15, 0.2) is 16.9 Å². The number of carboxylic acid groups (broad SMARTS) is 1. The number of nitrogens with one attached hydrogen (secondary N) is 2. The summed E-state index contributed by atoms with van der Waals surface area (Å²) >= 11 is 0. The first-order chi connectivity index (χ1) is 9.27. The van der Waals surface area contributed by atoms with Crippen molar-refractivity contribution in [2.75, 3.05) is 13.7 Å². The minimum atomic E-state index is -1.09. The summed E-state index contributed by atoms with van der Waals surface area (Å²) in [7, 11) is 1.41. The number of pyridine rings is 1. The first kappa shape index (κ1) is 15.9. The molecule has 7 nitrogen and oxygen atoms in total. The second-order valence-electron chi connectivity index (χ2n) is 4.90. The third-order valence-corrected chi connectivity index (χ3v) is 2.72. The molecular weight excluding hydrogens is 264 g/mol. The maximum Gasteiger partial charge on any atom is 0.305 e. The molecule has 1 rings (SSSR count). The van der Waals surface area contributed by atoms with Gasteiger partial charge in [-0.25, -0.2) is 0 Å². The molecule has 0 aliphatic carbocycles. The largest absolute Gasteiger partial charge is 0.481 e. The van der Waals surface area contributed by atoms with Crippen LogP contribution in [-0.4, -0.2) is 41.2 Å². The Balaban J connectivity index is 2.96. The Morgan fingerprint density at radius 1 is 1.45 bits per heavy atom. The molecule has 0 spiro atoms. The van der Waals surface area contributed by atoms with Crippen molar-refractivity contribution in [1.82, 2.24) is 10.3 Å². The molecule has 1 heterocycles. The second-order valence-corrected chi connectivity index (χ2v) is 4.90. The standard InChI is InChI=1S/C13H18N2O5/c1-8-4-5-9(11(18)14-8)12(19)15-13(2,7-20-3)6-10(16)17/h4-5H,6-7H2,1-3H3,(H,14,18)(H,15,19)(H,16,17). The highest BCUT2D eigenvalue weighted by molar-refractivity contribution is 5.94. The molecule has 7 heteroatoms. The molecule has 1 aromatic rings. The van der Waals surface area contributed by atoms with Gasteiger partial charge in [-0.3, -0.25) is 14.4 Å². The lowest BCUT2D eigenvalue weighted by Crippen LogP contribution is -2.51. The SMILES string of the molecule is COCC(C)(CC(=O)O)NC(=O)c1ccc(C)[nH]c1=O. The highest BCUT2D eigenvalue weighted by Gasteiger charge is 2.30. The Morgan fingerprint density at radius 2 is 2.10 bits per heavy atom. The summed E-state index contributed by atoms with van der Waals surface area (Å²) < 4.78 is 4.93. The van der Waals surface area contributed by atoms with Crippen LogP contribution in [0.3, 0.4) is 0 Å². The van der Waals surface area contributed by atoms with Gasteiger partial charge in [-0.15, -0.1) is 0 Å². The summed E-state index contributed by atoms with van der Waals surface area (Å²) in [4.78, 5) is 37.1. The van der Waals surface area contributed by atoms with Crippen molar-refractivity contribution in [3.05, 3.63) is 33.7 Å². The lowest BCUT2D eigenvalue weighted by Gasteiger charge is -2.28. The zero-order chi connectivity index (χ0) is 15.3. The quantitative estimate of drug-likeness (QED) is 0.695. The van der Waals surface area contributed by atoms with E-state index in [9.17, 15) is 14.4 Å². The fourth-order valence-electron chi connectivity index (χ4n) is 1.88. The summed E-state index contributed by atoms with van der Waals surface area (Å²) in [6, 6.07) is 3.00. The number of H-pyrrole nitrogens is 1. The predicted octanol–water partition coefficient (Wildman–Crippen LogP) is 0.293. The van der Waals surface area contributed by atoms with Gasteiger partial charge in [0.1, 0.15) is 5.56 Å². The molecule has 1 aromatic heterocycles. The summed E-state index contributed by atoms with van der Waals surface area (Å²) in [6.07, 6.45) is -0.309. The summed E-state index contributed by atoms with van der Waals surface area (Å²) in [5, 5.41) is 11.4. The molecule has 0 aliphatic rings. The summed E-state index contributed by atoms with van der Waals surface area (Å²) in [5.74, 6) is -1.70. The number of aliphatic carboxylic acids is 1. The van der Waals surface area contributed by atoms with Crippen molar-refractivity contribution in [2.24, 2.45) is 0 Å². The van der Waals surface area contributed by atoms with Crippen LogP contribution in [0.25, 0.3) is 0 Å².